The first-order valence-electron chi connectivity index (χ1n) is 7.30. The standard InChI is InChI=1S/C16H26N2O/c1-4-15(17-3)13-5-7-14(8-6-13)18-11-9-16(2,19)10-12-18/h5-8,15,17,19H,4,9-12H2,1-3H3. The second-order valence-electron chi connectivity index (χ2n) is 5.83. The normalized spacial score (nSPS) is 20.3. The highest BCUT2D eigenvalue weighted by Gasteiger charge is 2.27. The molecule has 1 saturated heterocycles. The molecular weight excluding hydrogens is 236 g/mol. The first-order valence-corrected chi connectivity index (χ1v) is 7.30. The van der Waals surface area contributed by atoms with Gasteiger partial charge in [-0.3, -0.25) is 0 Å². The Morgan fingerprint density at radius 3 is 2.32 bits per heavy atom. The van der Waals surface area contributed by atoms with Crippen molar-refractivity contribution in [2.45, 2.75) is 44.8 Å². The van der Waals surface area contributed by atoms with E-state index in [-0.39, 0.29) is 0 Å². The fourth-order valence-corrected chi connectivity index (χ4v) is 2.77. The third kappa shape index (κ3) is 3.48. The summed E-state index contributed by atoms with van der Waals surface area (Å²) in [5, 5.41) is 13.3. The van der Waals surface area contributed by atoms with E-state index in [1.165, 1.54) is 11.3 Å². The number of hydrogen-bond acceptors (Lipinski definition) is 3. The van der Waals surface area contributed by atoms with Crippen LogP contribution < -0.4 is 10.2 Å². The Kier molecular flexibility index (Phi) is 4.48. The van der Waals surface area contributed by atoms with Crippen LogP contribution in [0.4, 0.5) is 5.69 Å². The van der Waals surface area contributed by atoms with Crippen molar-refractivity contribution in [3.63, 3.8) is 0 Å². The fraction of sp³-hybridized carbons (Fsp3) is 0.625. The Labute approximate surface area is 116 Å². The van der Waals surface area contributed by atoms with Crippen LogP contribution in [0, 0.1) is 0 Å². The molecule has 2 rings (SSSR count). The van der Waals surface area contributed by atoms with Crippen molar-refractivity contribution in [1.82, 2.24) is 5.32 Å². The molecule has 1 aromatic carbocycles. The van der Waals surface area contributed by atoms with Crippen molar-refractivity contribution in [2.75, 3.05) is 25.0 Å². The van der Waals surface area contributed by atoms with Crippen LogP contribution in [0.1, 0.15) is 44.7 Å². The highest BCUT2D eigenvalue weighted by molar-refractivity contribution is 5.48. The summed E-state index contributed by atoms with van der Waals surface area (Å²) in [6.07, 6.45) is 2.80. The predicted octanol–water partition coefficient (Wildman–Crippen LogP) is 2.71. The summed E-state index contributed by atoms with van der Waals surface area (Å²) in [7, 11) is 2.01. The van der Waals surface area contributed by atoms with Crippen LogP contribution in [0.3, 0.4) is 0 Å². The van der Waals surface area contributed by atoms with Gasteiger partial charge < -0.3 is 15.3 Å². The topological polar surface area (TPSA) is 35.5 Å². The molecule has 0 spiro atoms. The maximum Gasteiger partial charge on any atom is 0.0653 e. The Bertz CT molecular complexity index is 386. The van der Waals surface area contributed by atoms with Crippen molar-refractivity contribution in [2.24, 2.45) is 0 Å². The third-order valence-electron chi connectivity index (χ3n) is 4.26. The van der Waals surface area contributed by atoms with Crippen LogP contribution in [0.25, 0.3) is 0 Å². The monoisotopic (exact) mass is 262 g/mol. The largest absolute Gasteiger partial charge is 0.390 e. The van der Waals surface area contributed by atoms with Gasteiger partial charge in [-0.25, -0.2) is 0 Å². The molecule has 1 atom stereocenters. The molecule has 1 heterocycles. The summed E-state index contributed by atoms with van der Waals surface area (Å²) < 4.78 is 0. The molecule has 1 aromatic rings. The van der Waals surface area contributed by atoms with E-state index in [9.17, 15) is 5.11 Å². The van der Waals surface area contributed by atoms with Crippen LogP contribution in [-0.4, -0.2) is 30.8 Å². The lowest BCUT2D eigenvalue weighted by molar-refractivity contribution is 0.0351. The summed E-state index contributed by atoms with van der Waals surface area (Å²) in [4.78, 5) is 2.36. The lowest BCUT2D eigenvalue weighted by Gasteiger charge is -2.37. The average molecular weight is 262 g/mol. The summed E-state index contributed by atoms with van der Waals surface area (Å²) in [6.45, 7) is 6.01. The van der Waals surface area contributed by atoms with Crippen LogP contribution in [0.2, 0.25) is 0 Å². The molecule has 0 radical (unpaired) electrons. The van der Waals surface area contributed by atoms with Gasteiger partial charge in [0.25, 0.3) is 0 Å². The molecule has 0 aliphatic carbocycles. The average Bonchev–Trinajstić information content (AvgIpc) is 2.41. The van der Waals surface area contributed by atoms with Crippen LogP contribution in [0.5, 0.6) is 0 Å². The van der Waals surface area contributed by atoms with Crippen molar-refractivity contribution in [3.05, 3.63) is 29.8 Å². The number of piperidine rings is 1. The van der Waals surface area contributed by atoms with Gasteiger partial charge in [0, 0.05) is 24.8 Å². The Morgan fingerprint density at radius 2 is 1.84 bits per heavy atom. The van der Waals surface area contributed by atoms with Gasteiger partial charge in [-0.2, -0.15) is 0 Å². The van der Waals surface area contributed by atoms with Gasteiger partial charge in [-0.05, 0) is 50.9 Å². The van der Waals surface area contributed by atoms with E-state index in [0.29, 0.717) is 6.04 Å². The zero-order valence-corrected chi connectivity index (χ0v) is 12.3. The highest BCUT2D eigenvalue weighted by Crippen LogP contribution is 2.27. The minimum absolute atomic E-state index is 0.441. The zero-order valence-electron chi connectivity index (χ0n) is 12.3. The highest BCUT2D eigenvalue weighted by atomic mass is 16.3. The third-order valence-corrected chi connectivity index (χ3v) is 4.26. The maximum absolute atomic E-state index is 9.98. The molecule has 0 bridgehead atoms. The van der Waals surface area contributed by atoms with Gasteiger partial charge in [0.2, 0.25) is 0 Å². The fourth-order valence-electron chi connectivity index (χ4n) is 2.77. The van der Waals surface area contributed by atoms with Gasteiger partial charge >= 0.3 is 0 Å². The molecule has 19 heavy (non-hydrogen) atoms. The lowest BCUT2D eigenvalue weighted by Crippen LogP contribution is -2.42. The summed E-state index contributed by atoms with van der Waals surface area (Å²) >= 11 is 0. The van der Waals surface area contributed by atoms with E-state index in [4.69, 9.17) is 0 Å². The molecule has 3 nitrogen and oxygen atoms in total. The smallest absolute Gasteiger partial charge is 0.0653 e. The maximum atomic E-state index is 9.98. The molecule has 0 amide bonds. The molecule has 1 aliphatic rings. The van der Waals surface area contributed by atoms with Gasteiger partial charge in [0.05, 0.1) is 5.60 Å². The van der Waals surface area contributed by atoms with Crippen molar-refractivity contribution in [1.29, 1.82) is 0 Å². The van der Waals surface area contributed by atoms with Crippen molar-refractivity contribution >= 4 is 5.69 Å². The molecule has 0 saturated carbocycles. The number of rotatable bonds is 4. The summed E-state index contributed by atoms with van der Waals surface area (Å²) in [6, 6.07) is 9.28. The first kappa shape index (κ1) is 14.4. The Hall–Kier alpha value is -1.06. The van der Waals surface area contributed by atoms with Crippen molar-refractivity contribution in [3.8, 4) is 0 Å². The summed E-state index contributed by atoms with van der Waals surface area (Å²) in [5.74, 6) is 0. The first-order chi connectivity index (χ1) is 9.05. The number of benzene rings is 1. The second-order valence-corrected chi connectivity index (χ2v) is 5.83. The molecule has 3 heteroatoms. The van der Waals surface area contributed by atoms with Crippen molar-refractivity contribution < 1.29 is 5.11 Å². The Morgan fingerprint density at radius 1 is 1.26 bits per heavy atom. The van der Waals surface area contributed by atoms with E-state index in [1.807, 2.05) is 14.0 Å². The quantitative estimate of drug-likeness (QED) is 0.876. The molecule has 1 aliphatic heterocycles. The molecule has 1 unspecified atom stereocenters. The van der Waals surface area contributed by atoms with E-state index in [1.54, 1.807) is 0 Å². The number of aliphatic hydroxyl groups is 1. The predicted molar refractivity (Wildman–Crippen MR) is 80.6 cm³/mol. The van der Waals surface area contributed by atoms with E-state index >= 15 is 0 Å². The van der Waals surface area contributed by atoms with Crippen LogP contribution in [0.15, 0.2) is 24.3 Å². The van der Waals surface area contributed by atoms with E-state index in [0.717, 1.165) is 32.4 Å². The number of anilines is 1. The molecule has 0 aromatic heterocycles. The zero-order chi connectivity index (χ0) is 13.9. The van der Waals surface area contributed by atoms with Gasteiger partial charge in [0.15, 0.2) is 0 Å². The second kappa shape index (κ2) is 5.93. The molecule has 1 fully saturated rings. The molecule has 106 valence electrons. The van der Waals surface area contributed by atoms with Crippen LogP contribution in [-0.2, 0) is 0 Å². The minimum atomic E-state index is -0.476. The molecular formula is C16H26N2O. The lowest BCUT2D eigenvalue weighted by atomic mass is 9.93. The van der Waals surface area contributed by atoms with E-state index < -0.39 is 5.60 Å². The number of nitrogens with zero attached hydrogens (tertiary/aromatic N) is 1. The molecule has 2 N–H and O–H groups in total. The van der Waals surface area contributed by atoms with Gasteiger partial charge in [-0.1, -0.05) is 19.1 Å². The van der Waals surface area contributed by atoms with Crippen LogP contribution >= 0.6 is 0 Å². The summed E-state index contributed by atoms with van der Waals surface area (Å²) in [5.41, 5.74) is 2.14. The SMILES string of the molecule is CCC(NC)c1ccc(N2CCC(C)(O)CC2)cc1. The Balaban J connectivity index is 2.03. The number of hydrogen-bond donors (Lipinski definition) is 2. The van der Waals surface area contributed by atoms with E-state index in [2.05, 4.69) is 41.4 Å². The van der Waals surface area contributed by atoms with Gasteiger partial charge in [-0.15, -0.1) is 0 Å². The number of nitrogens with one attached hydrogen (secondary N) is 1. The minimum Gasteiger partial charge on any atom is -0.390 e. The van der Waals surface area contributed by atoms with Gasteiger partial charge in [0.1, 0.15) is 0 Å².